The molecule has 0 spiro atoms. The molecule has 1 aromatic carbocycles. The summed E-state index contributed by atoms with van der Waals surface area (Å²) in [6.45, 7) is 3.93. The number of hydrogen-bond acceptors (Lipinski definition) is 7. The molecule has 1 atom stereocenters. The summed E-state index contributed by atoms with van der Waals surface area (Å²) in [5.41, 5.74) is 1.35. The SMILES string of the molecule is COc1ccc(C(=O)CCCC(=O)NC(c2nc(-c3cccnc3)no2)C(C)C)cc1. The third-order valence-corrected chi connectivity index (χ3v) is 4.83. The molecule has 0 saturated carbocycles. The number of methoxy groups -OCH3 is 1. The molecule has 2 aromatic heterocycles. The quantitative estimate of drug-likeness (QED) is 0.492. The van der Waals surface area contributed by atoms with Crippen molar-refractivity contribution in [1.82, 2.24) is 20.4 Å². The number of Topliss-reactive ketones (excluding diaryl/α,β-unsaturated/α-hetero) is 1. The Morgan fingerprint density at radius 2 is 1.90 bits per heavy atom. The van der Waals surface area contributed by atoms with Gasteiger partial charge in [0.15, 0.2) is 5.78 Å². The number of amides is 1. The van der Waals surface area contributed by atoms with Crippen LogP contribution in [-0.2, 0) is 4.79 Å². The molecule has 31 heavy (non-hydrogen) atoms. The molecular formula is C23H26N4O4. The van der Waals surface area contributed by atoms with Crippen LogP contribution >= 0.6 is 0 Å². The van der Waals surface area contributed by atoms with Crippen LogP contribution in [-0.4, -0.2) is 33.9 Å². The number of nitrogens with one attached hydrogen (secondary N) is 1. The second-order valence-electron chi connectivity index (χ2n) is 7.49. The first-order valence-electron chi connectivity index (χ1n) is 10.2. The van der Waals surface area contributed by atoms with Crippen LogP contribution in [0.2, 0.25) is 0 Å². The number of carbonyl (C=O) groups is 2. The Morgan fingerprint density at radius 3 is 2.55 bits per heavy atom. The maximum absolute atomic E-state index is 12.5. The number of ketones is 1. The first-order valence-corrected chi connectivity index (χ1v) is 10.2. The first-order chi connectivity index (χ1) is 15.0. The minimum Gasteiger partial charge on any atom is -0.497 e. The minimum absolute atomic E-state index is 0.00567. The van der Waals surface area contributed by atoms with Gasteiger partial charge in [-0.1, -0.05) is 19.0 Å². The molecule has 0 aliphatic rings. The van der Waals surface area contributed by atoms with Gasteiger partial charge in [0.05, 0.1) is 7.11 Å². The maximum atomic E-state index is 12.5. The van der Waals surface area contributed by atoms with E-state index in [1.54, 1.807) is 49.8 Å². The fourth-order valence-electron chi connectivity index (χ4n) is 3.06. The zero-order chi connectivity index (χ0) is 22.2. The first kappa shape index (κ1) is 22.1. The average Bonchev–Trinajstić information content (AvgIpc) is 3.27. The highest BCUT2D eigenvalue weighted by molar-refractivity contribution is 5.96. The van der Waals surface area contributed by atoms with Crippen molar-refractivity contribution in [2.24, 2.45) is 5.92 Å². The van der Waals surface area contributed by atoms with Gasteiger partial charge in [0.1, 0.15) is 11.8 Å². The normalized spacial score (nSPS) is 11.9. The second-order valence-corrected chi connectivity index (χ2v) is 7.49. The molecule has 0 fully saturated rings. The molecule has 0 aliphatic carbocycles. The Kier molecular flexibility index (Phi) is 7.48. The van der Waals surface area contributed by atoms with E-state index in [1.165, 1.54) is 0 Å². The molecule has 0 aliphatic heterocycles. The number of ether oxygens (including phenoxy) is 1. The highest BCUT2D eigenvalue weighted by atomic mass is 16.5. The van der Waals surface area contributed by atoms with E-state index in [9.17, 15) is 9.59 Å². The molecule has 1 amide bonds. The van der Waals surface area contributed by atoms with Gasteiger partial charge in [-0.2, -0.15) is 4.98 Å². The highest BCUT2D eigenvalue weighted by Gasteiger charge is 2.25. The fourth-order valence-corrected chi connectivity index (χ4v) is 3.06. The molecule has 8 heteroatoms. The largest absolute Gasteiger partial charge is 0.497 e. The van der Waals surface area contributed by atoms with E-state index in [1.807, 2.05) is 19.9 Å². The number of carbonyl (C=O) groups excluding carboxylic acids is 2. The lowest BCUT2D eigenvalue weighted by Crippen LogP contribution is -2.31. The van der Waals surface area contributed by atoms with Crippen LogP contribution in [0.3, 0.4) is 0 Å². The van der Waals surface area contributed by atoms with Crippen LogP contribution in [0.4, 0.5) is 0 Å². The van der Waals surface area contributed by atoms with E-state index >= 15 is 0 Å². The van der Waals surface area contributed by atoms with Crippen molar-refractivity contribution in [3.63, 3.8) is 0 Å². The summed E-state index contributed by atoms with van der Waals surface area (Å²) in [5, 5.41) is 6.94. The summed E-state index contributed by atoms with van der Waals surface area (Å²) in [6, 6.07) is 10.2. The van der Waals surface area contributed by atoms with Crippen molar-refractivity contribution in [2.45, 2.75) is 39.2 Å². The number of hydrogen-bond donors (Lipinski definition) is 1. The van der Waals surface area contributed by atoms with E-state index in [0.717, 1.165) is 5.56 Å². The van der Waals surface area contributed by atoms with E-state index in [4.69, 9.17) is 9.26 Å². The van der Waals surface area contributed by atoms with Crippen LogP contribution in [0, 0.1) is 5.92 Å². The lowest BCUT2D eigenvalue weighted by atomic mass is 10.0. The molecule has 1 N–H and O–H groups in total. The van der Waals surface area contributed by atoms with Gasteiger partial charge in [0.25, 0.3) is 0 Å². The van der Waals surface area contributed by atoms with E-state index < -0.39 is 6.04 Å². The van der Waals surface area contributed by atoms with Gasteiger partial charge in [-0.05, 0) is 48.7 Å². The van der Waals surface area contributed by atoms with Gasteiger partial charge >= 0.3 is 0 Å². The summed E-state index contributed by atoms with van der Waals surface area (Å²) in [6.07, 6.45) is 4.29. The summed E-state index contributed by atoms with van der Waals surface area (Å²) >= 11 is 0. The van der Waals surface area contributed by atoms with Crippen LogP contribution < -0.4 is 10.1 Å². The van der Waals surface area contributed by atoms with Gasteiger partial charge < -0.3 is 14.6 Å². The summed E-state index contributed by atoms with van der Waals surface area (Å²) in [7, 11) is 1.58. The molecule has 0 bridgehead atoms. The van der Waals surface area contributed by atoms with Crippen molar-refractivity contribution >= 4 is 11.7 Å². The van der Waals surface area contributed by atoms with E-state index in [0.29, 0.717) is 29.4 Å². The molecule has 162 valence electrons. The van der Waals surface area contributed by atoms with Crippen LogP contribution in [0.25, 0.3) is 11.4 Å². The van der Waals surface area contributed by atoms with Gasteiger partial charge in [-0.25, -0.2) is 0 Å². The third-order valence-electron chi connectivity index (χ3n) is 4.83. The number of nitrogens with zero attached hydrogens (tertiary/aromatic N) is 3. The van der Waals surface area contributed by atoms with Gasteiger partial charge in [-0.3, -0.25) is 14.6 Å². The van der Waals surface area contributed by atoms with Crippen LogP contribution in [0.15, 0.2) is 53.3 Å². The average molecular weight is 422 g/mol. The Bertz CT molecular complexity index is 1000. The lowest BCUT2D eigenvalue weighted by molar-refractivity contribution is -0.122. The monoisotopic (exact) mass is 422 g/mol. The minimum atomic E-state index is -0.414. The molecule has 3 aromatic rings. The molecule has 1 unspecified atom stereocenters. The van der Waals surface area contributed by atoms with Gasteiger partial charge in [0.2, 0.25) is 17.6 Å². The van der Waals surface area contributed by atoms with Crippen LogP contribution in [0.5, 0.6) is 5.75 Å². The van der Waals surface area contributed by atoms with Gasteiger partial charge in [0, 0.05) is 36.4 Å². The smallest absolute Gasteiger partial charge is 0.249 e. The Hall–Kier alpha value is -3.55. The number of rotatable bonds is 10. The van der Waals surface area contributed by atoms with Crippen molar-refractivity contribution in [3.05, 3.63) is 60.2 Å². The van der Waals surface area contributed by atoms with E-state index in [-0.39, 0.29) is 30.4 Å². The summed E-state index contributed by atoms with van der Waals surface area (Å²) in [5.74, 6) is 1.34. The molecule has 2 heterocycles. The van der Waals surface area contributed by atoms with Crippen molar-refractivity contribution in [3.8, 4) is 17.1 Å². The standard InChI is InChI=1S/C23H26N4O4/c1-15(2)21(23-26-22(27-31-23)17-6-5-13-24-14-17)25-20(29)8-4-7-19(28)16-9-11-18(30-3)12-10-16/h5-6,9-15,21H,4,7-8H2,1-3H3,(H,25,29). The number of aromatic nitrogens is 3. The second kappa shape index (κ2) is 10.5. The Morgan fingerprint density at radius 1 is 1.13 bits per heavy atom. The van der Waals surface area contributed by atoms with Crippen LogP contribution in [0.1, 0.15) is 55.4 Å². The maximum Gasteiger partial charge on any atom is 0.249 e. The number of benzene rings is 1. The predicted molar refractivity (Wildman–Crippen MR) is 114 cm³/mol. The fraction of sp³-hybridized carbons (Fsp3) is 0.348. The Balaban J connectivity index is 1.54. The van der Waals surface area contributed by atoms with Crippen molar-refractivity contribution < 1.29 is 18.8 Å². The summed E-state index contributed by atoms with van der Waals surface area (Å²) in [4.78, 5) is 33.2. The zero-order valence-electron chi connectivity index (χ0n) is 17.9. The Labute approximate surface area is 181 Å². The van der Waals surface area contributed by atoms with Crippen molar-refractivity contribution in [2.75, 3.05) is 7.11 Å². The lowest BCUT2D eigenvalue weighted by Gasteiger charge is -2.18. The third kappa shape index (κ3) is 5.97. The van der Waals surface area contributed by atoms with Crippen molar-refractivity contribution in [1.29, 1.82) is 0 Å². The topological polar surface area (TPSA) is 107 Å². The van der Waals surface area contributed by atoms with E-state index in [2.05, 4.69) is 20.4 Å². The molecule has 8 nitrogen and oxygen atoms in total. The molecule has 0 saturated heterocycles. The zero-order valence-corrected chi connectivity index (χ0v) is 17.9. The predicted octanol–water partition coefficient (Wildman–Crippen LogP) is 4.01. The highest BCUT2D eigenvalue weighted by Crippen LogP contribution is 2.23. The van der Waals surface area contributed by atoms with Gasteiger partial charge in [-0.15, -0.1) is 0 Å². The molecular weight excluding hydrogens is 396 g/mol. The molecule has 3 rings (SSSR count). The molecule has 0 radical (unpaired) electrons. The number of pyridine rings is 1. The summed E-state index contributed by atoms with van der Waals surface area (Å²) < 4.78 is 10.5.